The first-order valence-electron chi connectivity index (χ1n) is 6.77. The first kappa shape index (κ1) is 15.2. The predicted octanol–water partition coefficient (Wildman–Crippen LogP) is 1.65. The third-order valence-electron chi connectivity index (χ3n) is 2.95. The van der Waals surface area contributed by atoms with E-state index in [0.717, 1.165) is 0 Å². The van der Waals surface area contributed by atoms with Crippen LogP contribution in [0.25, 0.3) is 10.9 Å². The Bertz CT molecular complexity index is 706. The van der Waals surface area contributed by atoms with E-state index >= 15 is 0 Å². The number of hydrogen-bond donors (Lipinski definition) is 1. The van der Waals surface area contributed by atoms with E-state index < -0.39 is 12.6 Å². The summed E-state index contributed by atoms with van der Waals surface area (Å²) in [6, 6.07) is 7.11. The van der Waals surface area contributed by atoms with Gasteiger partial charge in [-0.2, -0.15) is 0 Å². The molecule has 1 N–H and O–H groups in total. The number of aliphatic carboxylic acids is 1. The molecule has 2 rings (SSSR count). The van der Waals surface area contributed by atoms with E-state index in [1.165, 1.54) is 0 Å². The van der Waals surface area contributed by atoms with Crippen LogP contribution in [0.2, 0.25) is 0 Å². The van der Waals surface area contributed by atoms with Crippen LogP contribution in [0.15, 0.2) is 29.1 Å². The van der Waals surface area contributed by atoms with Crippen LogP contribution in [0.3, 0.4) is 0 Å². The van der Waals surface area contributed by atoms with E-state index in [9.17, 15) is 9.59 Å². The van der Waals surface area contributed by atoms with Gasteiger partial charge in [0.2, 0.25) is 0 Å². The largest absolute Gasteiger partial charge is 0.480 e. The molecule has 0 radical (unpaired) electrons. The number of aromatic nitrogens is 2. The molecule has 1 aromatic carbocycles. The molecule has 6 heteroatoms. The van der Waals surface area contributed by atoms with Crippen LogP contribution in [0.5, 0.6) is 0 Å². The van der Waals surface area contributed by atoms with Gasteiger partial charge in [0.1, 0.15) is 19.0 Å². The third kappa shape index (κ3) is 3.66. The molecule has 0 saturated carbocycles. The molecule has 0 fully saturated rings. The van der Waals surface area contributed by atoms with Gasteiger partial charge in [0.05, 0.1) is 10.9 Å². The van der Waals surface area contributed by atoms with Crippen molar-refractivity contribution in [1.29, 1.82) is 0 Å². The summed E-state index contributed by atoms with van der Waals surface area (Å²) in [5.41, 5.74) is 0.472. The van der Waals surface area contributed by atoms with E-state index in [1.54, 1.807) is 22.8 Å². The molecule has 0 amide bonds. The van der Waals surface area contributed by atoms with Crippen LogP contribution in [-0.2, 0) is 22.7 Å². The SMILES string of the molecule is CC(C)Cn1c(COCC(=O)O)nc2ccccc2c1=O. The van der Waals surface area contributed by atoms with Gasteiger partial charge in [0.15, 0.2) is 0 Å². The molecule has 112 valence electrons. The van der Waals surface area contributed by atoms with Crippen molar-refractivity contribution < 1.29 is 14.6 Å². The van der Waals surface area contributed by atoms with Crippen LogP contribution in [0.1, 0.15) is 19.7 Å². The Labute approximate surface area is 122 Å². The Hall–Kier alpha value is -2.21. The summed E-state index contributed by atoms with van der Waals surface area (Å²) in [5, 5.41) is 9.17. The summed E-state index contributed by atoms with van der Waals surface area (Å²) in [5.74, 6) is -0.328. The number of para-hydroxylation sites is 1. The lowest BCUT2D eigenvalue weighted by molar-refractivity contribution is -0.142. The van der Waals surface area contributed by atoms with E-state index in [4.69, 9.17) is 9.84 Å². The van der Waals surface area contributed by atoms with Crippen LogP contribution in [-0.4, -0.2) is 27.2 Å². The maximum atomic E-state index is 12.5. The van der Waals surface area contributed by atoms with Crippen molar-refractivity contribution in [3.8, 4) is 0 Å². The minimum absolute atomic E-state index is 0.000899. The van der Waals surface area contributed by atoms with E-state index in [-0.39, 0.29) is 18.1 Å². The van der Waals surface area contributed by atoms with Crippen molar-refractivity contribution in [2.45, 2.75) is 27.0 Å². The second-order valence-electron chi connectivity index (χ2n) is 5.24. The Kier molecular flexibility index (Phi) is 4.70. The van der Waals surface area contributed by atoms with Crippen molar-refractivity contribution in [3.63, 3.8) is 0 Å². The van der Waals surface area contributed by atoms with Crippen LogP contribution < -0.4 is 5.56 Å². The zero-order valence-corrected chi connectivity index (χ0v) is 12.1. The Balaban J connectivity index is 2.44. The fraction of sp³-hybridized carbons (Fsp3) is 0.400. The molecule has 2 aromatic rings. The molecule has 0 aliphatic rings. The van der Waals surface area contributed by atoms with Crippen molar-refractivity contribution in [1.82, 2.24) is 9.55 Å². The average Bonchev–Trinajstić information content (AvgIpc) is 2.42. The molecule has 21 heavy (non-hydrogen) atoms. The third-order valence-corrected chi connectivity index (χ3v) is 2.95. The van der Waals surface area contributed by atoms with Gasteiger partial charge in [-0.05, 0) is 18.1 Å². The average molecular weight is 290 g/mol. The molecule has 0 unspecified atom stereocenters. The number of hydrogen-bond acceptors (Lipinski definition) is 4. The molecule has 1 heterocycles. The van der Waals surface area contributed by atoms with Gasteiger partial charge in [0.25, 0.3) is 5.56 Å². The molecule has 6 nitrogen and oxygen atoms in total. The standard InChI is InChI=1S/C15H18N2O4/c1-10(2)7-17-13(8-21-9-14(18)19)16-12-6-4-3-5-11(12)15(17)20/h3-6,10H,7-9H2,1-2H3,(H,18,19). The summed E-state index contributed by atoms with van der Waals surface area (Å²) in [6.07, 6.45) is 0. The predicted molar refractivity (Wildman–Crippen MR) is 78.1 cm³/mol. The summed E-state index contributed by atoms with van der Waals surface area (Å²) in [6.45, 7) is 4.11. The highest BCUT2D eigenvalue weighted by molar-refractivity contribution is 5.77. The highest BCUT2D eigenvalue weighted by Crippen LogP contribution is 2.10. The van der Waals surface area contributed by atoms with Crippen molar-refractivity contribution in [2.24, 2.45) is 5.92 Å². The number of fused-ring (bicyclic) bond motifs is 1. The molecule has 0 bridgehead atoms. The smallest absolute Gasteiger partial charge is 0.329 e. The van der Waals surface area contributed by atoms with Gasteiger partial charge >= 0.3 is 5.97 Å². The lowest BCUT2D eigenvalue weighted by atomic mass is 10.2. The molecule has 0 atom stereocenters. The van der Waals surface area contributed by atoms with E-state index in [1.807, 2.05) is 19.9 Å². The number of carboxylic acid groups (broad SMARTS) is 1. The number of carboxylic acids is 1. The van der Waals surface area contributed by atoms with Gasteiger partial charge in [-0.3, -0.25) is 9.36 Å². The maximum absolute atomic E-state index is 12.5. The monoisotopic (exact) mass is 290 g/mol. The first-order valence-corrected chi connectivity index (χ1v) is 6.77. The second kappa shape index (κ2) is 6.49. The topological polar surface area (TPSA) is 81.4 Å². The first-order chi connectivity index (χ1) is 9.99. The minimum atomic E-state index is -1.05. The number of nitrogens with zero attached hydrogens (tertiary/aromatic N) is 2. The molecule has 1 aromatic heterocycles. The lowest BCUT2D eigenvalue weighted by Gasteiger charge is -2.15. The van der Waals surface area contributed by atoms with E-state index in [0.29, 0.717) is 23.3 Å². The fourth-order valence-electron chi connectivity index (χ4n) is 2.11. The molecular weight excluding hydrogens is 272 g/mol. The van der Waals surface area contributed by atoms with E-state index in [2.05, 4.69) is 4.98 Å². The van der Waals surface area contributed by atoms with Gasteiger partial charge in [-0.15, -0.1) is 0 Å². The van der Waals surface area contributed by atoms with Crippen LogP contribution >= 0.6 is 0 Å². The van der Waals surface area contributed by atoms with Crippen LogP contribution in [0.4, 0.5) is 0 Å². The Morgan fingerprint density at radius 1 is 1.38 bits per heavy atom. The molecular formula is C15H18N2O4. The van der Waals surface area contributed by atoms with Gasteiger partial charge in [-0.1, -0.05) is 26.0 Å². The maximum Gasteiger partial charge on any atom is 0.329 e. The van der Waals surface area contributed by atoms with Crippen molar-refractivity contribution in [2.75, 3.05) is 6.61 Å². The molecule has 0 aliphatic carbocycles. The highest BCUT2D eigenvalue weighted by Gasteiger charge is 2.12. The quantitative estimate of drug-likeness (QED) is 0.875. The fourth-order valence-corrected chi connectivity index (χ4v) is 2.11. The summed E-state index contributed by atoms with van der Waals surface area (Å²) in [4.78, 5) is 27.5. The zero-order valence-electron chi connectivity index (χ0n) is 12.1. The zero-order chi connectivity index (χ0) is 15.4. The number of ether oxygens (including phenoxy) is 1. The Morgan fingerprint density at radius 2 is 2.10 bits per heavy atom. The van der Waals surface area contributed by atoms with Crippen molar-refractivity contribution in [3.05, 3.63) is 40.4 Å². The van der Waals surface area contributed by atoms with Gasteiger partial charge in [0, 0.05) is 6.54 Å². The highest BCUT2D eigenvalue weighted by atomic mass is 16.5. The van der Waals surface area contributed by atoms with Gasteiger partial charge < -0.3 is 9.84 Å². The second-order valence-corrected chi connectivity index (χ2v) is 5.24. The molecule has 0 spiro atoms. The van der Waals surface area contributed by atoms with Gasteiger partial charge in [-0.25, -0.2) is 9.78 Å². The van der Waals surface area contributed by atoms with Crippen LogP contribution in [0, 0.1) is 5.92 Å². The number of benzene rings is 1. The summed E-state index contributed by atoms with van der Waals surface area (Å²) in [7, 11) is 0. The normalized spacial score (nSPS) is 11.2. The lowest BCUT2D eigenvalue weighted by Crippen LogP contribution is -2.28. The Morgan fingerprint density at radius 3 is 2.76 bits per heavy atom. The number of rotatable bonds is 6. The minimum Gasteiger partial charge on any atom is -0.480 e. The summed E-state index contributed by atoms with van der Waals surface area (Å²) < 4.78 is 6.65. The molecule has 0 aliphatic heterocycles. The van der Waals surface area contributed by atoms with Crippen molar-refractivity contribution >= 4 is 16.9 Å². The summed E-state index contributed by atoms with van der Waals surface area (Å²) >= 11 is 0. The number of carbonyl (C=O) groups is 1. The molecule has 0 saturated heterocycles.